The molecule has 2 fully saturated rings. The van der Waals surface area contributed by atoms with Crippen LogP contribution in [0, 0.1) is 17.3 Å². The Morgan fingerprint density at radius 2 is 2.00 bits per heavy atom. The van der Waals surface area contributed by atoms with E-state index >= 15 is 0 Å². The molecule has 2 aliphatic carbocycles. The lowest BCUT2D eigenvalue weighted by Crippen LogP contribution is -2.50. The molecule has 2 rings (SSSR count). The van der Waals surface area contributed by atoms with E-state index in [0.717, 1.165) is 11.8 Å². The van der Waals surface area contributed by atoms with Crippen molar-refractivity contribution in [1.82, 2.24) is 0 Å². The zero-order valence-corrected chi connectivity index (χ0v) is 9.84. The van der Waals surface area contributed by atoms with Crippen molar-refractivity contribution >= 4 is 0 Å². The van der Waals surface area contributed by atoms with Crippen LogP contribution >= 0.6 is 0 Å². The first-order valence-corrected chi connectivity index (χ1v) is 6.15. The molecule has 0 spiro atoms. The molecular weight excluding hydrogens is 172 g/mol. The molecule has 0 aromatic heterocycles. The van der Waals surface area contributed by atoms with E-state index in [2.05, 4.69) is 6.92 Å². The number of fused-ring (bicyclic) bond motifs is 2. The molecule has 0 aliphatic heterocycles. The number of hydrogen-bond acceptors (Lipinski definition) is 1. The molecule has 0 radical (unpaired) electrons. The Kier molecular flexibility index (Phi) is 2.42. The third kappa shape index (κ3) is 1.60. The third-order valence-corrected chi connectivity index (χ3v) is 4.72. The number of rotatable bonds is 1. The van der Waals surface area contributed by atoms with Crippen molar-refractivity contribution < 1.29 is 5.11 Å². The van der Waals surface area contributed by atoms with Crippen molar-refractivity contribution in [3.05, 3.63) is 0 Å². The maximum atomic E-state index is 10.4. The molecular formula is C13H24O. The molecule has 14 heavy (non-hydrogen) atoms. The minimum absolute atomic E-state index is 0.244. The zero-order chi connectivity index (χ0) is 10.4. The van der Waals surface area contributed by atoms with Crippen LogP contribution in [0.5, 0.6) is 0 Å². The molecule has 1 heteroatoms. The van der Waals surface area contributed by atoms with Gasteiger partial charge in [-0.25, -0.2) is 0 Å². The third-order valence-electron chi connectivity index (χ3n) is 4.72. The quantitative estimate of drug-likeness (QED) is 0.682. The van der Waals surface area contributed by atoms with Gasteiger partial charge in [0.15, 0.2) is 0 Å². The minimum atomic E-state index is -0.472. The van der Waals surface area contributed by atoms with Crippen LogP contribution in [0.2, 0.25) is 0 Å². The van der Waals surface area contributed by atoms with E-state index in [4.69, 9.17) is 0 Å². The number of aliphatic hydroxyl groups is 1. The van der Waals surface area contributed by atoms with Gasteiger partial charge in [0.2, 0.25) is 0 Å². The summed E-state index contributed by atoms with van der Waals surface area (Å²) in [5.74, 6) is 1.72. The van der Waals surface area contributed by atoms with E-state index in [-0.39, 0.29) is 5.41 Å². The summed E-state index contributed by atoms with van der Waals surface area (Å²) in [5, 5.41) is 10.4. The average Bonchev–Trinajstić information content (AvgIpc) is 2.00. The molecule has 2 aliphatic rings. The highest BCUT2D eigenvalue weighted by Crippen LogP contribution is 2.55. The second-order valence-electron chi connectivity index (χ2n) is 6.35. The molecule has 2 bridgehead atoms. The molecule has 82 valence electrons. The highest BCUT2D eigenvalue weighted by atomic mass is 16.3. The van der Waals surface area contributed by atoms with Gasteiger partial charge in [-0.3, -0.25) is 0 Å². The van der Waals surface area contributed by atoms with Crippen LogP contribution in [-0.2, 0) is 0 Å². The largest absolute Gasteiger partial charge is 0.390 e. The Morgan fingerprint density at radius 1 is 1.29 bits per heavy atom. The van der Waals surface area contributed by atoms with Crippen LogP contribution in [0.1, 0.15) is 59.3 Å². The summed E-state index contributed by atoms with van der Waals surface area (Å²) in [7, 11) is 0. The normalized spacial score (nSPS) is 43.7. The Morgan fingerprint density at radius 3 is 2.64 bits per heavy atom. The van der Waals surface area contributed by atoms with E-state index in [1.54, 1.807) is 0 Å². The van der Waals surface area contributed by atoms with Gasteiger partial charge in [0, 0.05) is 0 Å². The van der Waals surface area contributed by atoms with Gasteiger partial charge < -0.3 is 5.11 Å². The van der Waals surface area contributed by atoms with E-state index in [9.17, 15) is 5.11 Å². The monoisotopic (exact) mass is 196 g/mol. The van der Waals surface area contributed by atoms with Gasteiger partial charge >= 0.3 is 0 Å². The Bertz CT molecular complexity index is 212. The molecule has 0 aromatic carbocycles. The van der Waals surface area contributed by atoms with Crippen LogP contribution < -0.4 is 0 Å². The lowest BCUT2D eigenvalue weighted by atomic mass is 9.53. The van der Waals surface area contributed by atoms with Crippen molar-refractivity contribution in [2.75, 3.05) is 0 Å². The Balaban J connectivity index is 2.23. The minimum Gasteiger partial charge on any atom is -0.390 e. The lowest BCUT2D eigenvalue weighted by Gasteiger charge is -2.53. The Hall–Kier alpha value is -0.0400. The molecule has 0 aromatic rings. The summed E-state index contributed by atoms with van der Waals surface area (Å²) < 4.78 is 0. The van der Waals surface area contributed by atoms with Gasteiger partial charge in [0.25, 0.3) is 0 Å². The van der Waals surface area contributed by atoms with E-state index < -0.39 is 5.60 Å². The van der Waals surface area contributed by atoms with Crippen LogP contribution in [0.4, 0.5) is 0 Å². The van der Waals surface area contributed by atoms with E-state index in [1.165, 1.54) is 38.5 Å². The van der Waals surface area contributed by atoms with Crippen LogP contribution in [0.15, 0.2) is 0 Å². The molecule has 3 unspecified atom stereocenters. The van der Waals surface area contributed by atoms with Gasteiger partial charge in [-0.05, 0) is 56.8 Å². The van der Waals surface area contributed by atoms with Crippen molar-refractivity contribution in [3.63, 3.8) is 0 Å². The topological polar surface area (TPSA) is 20.2 Å². The van der Waals surface area contributed by atoms with E-state index in [0.29, 0.717) is 0 Å². The fourth-order valence-corrected chi connectivity index (χ4v) is 4.00. The maximum absolute atomic E-state index is 10.4. The highest BCUT2D eigenvalue weighted by Gasteiger charge is 2.49. The molecule has 1 N–H and O–H groups in total. The van der Waals surface area contributed by atoms with Crippen molar-refractivity contribution in [2.24, 2.45) is 17.3 Å². The summed E-state index contributed by atoms with van der Waals surface area (Å²) in [6.07, 6.45) is 7.91. The first kappa shape index (κ1) is 10.5. The van der Waals surface area contributed by atoms with Crippen LogP contribution in [0.3, 0.4) is 0 Å². The van der Waals surface area contributed by atoms with Gasteiger partial charge in [-0.15, -0.1) is 0 Å². The predicted octanol–water partition coefficient (Wildman–Crippen LogP) is 3.36. The first-order chi connectivity index (χ1) is 6.43. The summed E-state index contributed by atoms with van der Waals surface area (Å²) in [6.45, 7) is 6.40. The second kappa shape index (κ2) is 3.23. The standard InChI is InChI=1S/C13H24O/c1-10-7-11-5-4-6-13(8-10,9-11)12(2,3)14/h10-11,14H,4-9H2,1-3H3. The fraction of sp³-hybridized carbons (Fsp3) is 1.00. The van der Waals surface area contributed by atoms with Gasteiger partial charge in [0.05, 0.1) is 5.60 Å². The van der Waals surface area contributed by atoms with E-state index in [1.807, 2.05) is 13.8 Å². The highest BCUT2D eigenvalue weighted by molar-refractivity contribution is 5.00. The maximum Gasteiger partial charge on any atom is 0.0647 e. The first-order valence-electron chi connectivity index (χ1n) is 6.15. The number of hydrogen-bond donors (Lipinski definition) is 1. The molecule has 3 atom stereocenters. The molecule has 0 amide bonds. The van der Waals surface area contributed by atoms with Gasteiger partial charge in [-0.1, -0.05) is 19.8 Å². The van der Waals surface area contributed by atoms with Crippen molar-refractivity contribution in [3.8, 4) is 0 Å². The molecule has 0 heterocycles. The zero-order valence-electron chi connectivity index (χ0n) is 9.84. The van der Waals surface area contributed by atoms with Gasteiger partial charge in [-0.2, -0.15) is 0 Å². The summed E-state index contributed by atoms with van der Waals surface area (Å²) in [5.41, 5.74) is -0.228. The van der Waals surface area contributed by atoms with Crippen molar-refractivity contribution in [2.45, 2.75) is 64.9 Å². The fourth-order valence-electron chi connectivity index (χ4n) is 4.00. The Labute approximate surface area is 87.9 Å². The van der Waals surface area contributed by atoms with Crippen LogP contribution in [0.25, 0.3) is 0 Å². The average molecular weight is 196 g/mol. The van der Waals surface area contributed by atoms with Gasteiger partial charge in [0.1, 0.15) is 0 Å². The smallest absolute Gasteiger partial charge is 0.0647 e. The summed E-state index contributed by atoms with van der Waals surface area (Å²) >= 11 is 0. The predicted molar refractivity (Wildman–Crippen MR) is 59.1 cm³/mol. The summed E-state index contributed by atoms with van der Waals surface area (Å²) in [4.78, 5) is 0. The molecule has 0 saturated heterocycles. The molecule has 1 nitrogen and oxygen atoms in total. The van der Waals surface area contributed by atoms with Crippen molar-refractivity contribution in [1.29, 1.82) is 0 Å². The molecule has 2 saturated carbocycles. The summed E-state index contributed by atoms with van der Waals surface area (Å²) in [6, 6.07) is 0. The SMILES string of the molecule is CC1CC2CCCC(C(C)(C)O)(C1)C2. The lowest BCUT2D eigenvalue weighted by molar-refractivity contribution is -0.119. The second-order valence-corrected chi connectivity index (χ2v) is 6.35. The van der Waals surface area contributed by atoms with Crippen LogP contribution in [-0.4, -0.2) is 10.7 Å².